The van der Waals surface area contributed by atoms with Crippen molar-refractivity contribution < 1.29 is 19.3 Å². The number of hydrogen-bond donors (Lipinski definition) is 0. The summed E-state index contributed by atoms with van der Waals surface area (Å²) in [6.07, 6.45) is 3.79. The zero-order valence-corrected chi connectivity index (χ0v) is 21.2. The van der Waals surface area contributed by atoms with E-state index in [4.69, 9.17) is 0 Å². The highest BCUT2D eigenvalue weighted by Gasteiger charge is 2.64. The largest absolute Gasteiger partial charge is 0.352 e. The number of carbonyl (C=O) groups is 3. The molecule has 9 heteroatoms. The van der Waals surface area contributed by atoms with E-state index >= 15 is 0 Å². The van der Waals surface area contributed by atoms with Gasteiger partial charge in [-0.05, 0) is 36.2 Å². The van der Waals surface area contributed by atoms with Crippen LogP contribution in [0.2, 0.25) is 0 Å². The average Bonchev–Trinajstić information content (AvgIpc) is 3.37. The van der Waals surface area contributed by atoms with Crippen LogP contribution in [0.1, 0.15) is 21.5 Å². The first kappa shape index (κ1) is 23.3. The van der Waals surface area contributed by atoms with Gasteiger partial charge in [-0.3, -0.25) is 24.5 Å². The Morgan fingerprint density at radius 3 is 2.38 bits per heavy atom. The maximum Gasteiger partial charge on any atom is 0.271 e. The Hall–Kier alpha value is -4.11. The van der Waals surface area contributed by atoms with Crippen LogP contribution in [-0.2, 0) is 9.59 Å². The second-order valence-electron chi connectivity index (χ2n) is 9.42. The molecule has 0 saturated carbocycles. The molecular formula is C28H20BrN3O5. The monoisotopic (exact) mass is 557 g/mol. The summed E-state index contributed by atoms with van der Waals surface area (Å²) in [5, 5.41) is 11.4. The van der Waals surface area contributed by atoms with Gasteiger partial charge in [0, 0.05) is 27.9 Å². The summed E-state index contributed by atoms with van der Waals surface area (Å²) in [4.78, 5) is 55.7. The number of non-ortho nitro benzene ring substituents is 1. The van der Waals surface area contributed by atoms with Crippen molar-refractivity contribution in [1.82, 2.24) is 0 Å². The number of aryl methyl sites for hydroxylation is 1. The van der Waals surface area contributed by atoms with E-state index < -0.39 is 40.7 Å². The van der Waals surface area contributed by atoms with Gasteiger partial charge < -0.3 is 4.90 Å². The number of benzene rings is 3. The van der Waals surface area contributed by atoms with E-state index in [9.17, 15) is 24.5 Å². The number of ketones is 1. The number of nitrogens with zero attached hydrogens (tertiary/aromatic N) is 3. The number of imide groups is 1. The smallest absolute Gasteiger partial charge is 0.271 e. The molecule has 0 unspecified atom stereocenters. The molecule has 0 spiro atoms. The van der Waals surface area contributed by atoms with Crippen molar-refractivity contribution in [1.29, 1.82) is 0 Å². The second-order valence-corrected chi connectivity index (χ2v) is 10.3. The fourth-order valence-corrected chi connectivity index (χ4v) is 6.05. The van der Waals surface area contributed by atoms with E-state index in [0.717, 1.165) is 20.6 Å². The lowest BCUT2D eigenvalue weighted by atomic mass is 9.86. The van der Waals surface area contributed by atoms with Crippen molar-refractivity contribution in [3.63, 3.8) is 0 Å². The number of carbonyl (C=O) groups excluding carboxylic acids is 3. The molecule has 0 N–H and O–H groups in total. The van der Waals surface area contributed by atoms with Crippen molar-refractivity contribution in [3.05, 3.63) is 104 Å². The van der Waals surface area contributed by atoms with Crippen LogP contribution in [0.5, 0.6) is 0 Å². The molecule has 3 aromatic carbocycles. The molecule has 0 aliphatic carbocycles. The summed E-state index contributed by atoms with van der Waals surface area (Å²) in [6.45, 7) is 1.70. The van der Waals surface area contributed by atoms with Gasteiger partial charge in [0.1, 0.15) is 6.04 Å². The molecule has 3 aliphatic rings. The number of nitro groups is 1. The Morgan fingerprint density at radius 1 is 0.946 bits per heavy atom. The minimum absolute atomic E-state index is 0.181. The molecule has 2 saturated heterocycles. The third kappa shape index (κ3) is 3.45. The summed E-state index contributed by atoms with van der Waals surface area (Å²) in [5.41, 5.74) is 2.65. The summed E-state index contributed by atoms with van der Waals surface area (Å²) in [6, 6.07) is 17.2. The standard InChI is InChI=1S/C28H20BrN3O5/c1-15-6-12-19(32(36)37)14-22(15)31-27(34)23-21-13-9-16-4-2-3-5-20(16)30(21)25(24(23)28(31)35)26(33)17-7-10-18(29)11-8-17/h2-14,21,23-25H,1H3/t21-,23-,24-,25+/m0/s1. The zero-order chi connectivity index (χ0) is 26.0. The van der Waals surface area contributed by atoms with Gasteiger partial charge >= 0.3 is 0 Å². The number of Topliss-reactive ketones (excluding diaryl/α,β-unsaturated/α-hetero) is 1. The molecule has 0 aromatic heterocycles. The van der Waals surface area contributed by atoms with Crippen LogP contribution in [0.4, 0.5) is 17.1 Å². The van der Waals surface area contributed by atoms with Gasteiger partial charge in [0.05, 0.1) is 28.5 Å². The summed E-state index contributed by atoms with van der Waals surface area (Å²) in [5.74, 6) is -2.98. The van der Waals surface area contributed by atoms with Gasteiger partial charge in [0.15, 0.2) is 5.78 Å². The number of amides is 2. The Labute approximate surface area is 220 Å². The van der Waals surface area contributed by atoms with Crippen molar-refractivity contribution in [2.24, 2.45) is 11.8 Å². The lowest BCUT2D eigenvalue weighted by Crippen LogP contribution is -2.49. The quantitative estimate of drug-likeness (QED) is 0.195. The molecule has 0 bridgehead atoms. The Bertz CT molecular complexity index is 1530. The number of rotatable bonds is 4. The van der Waals surface area contributed by atoms with Crippen LogP contribution < -0.4 is 9.80 Å². The fourth-order valence-electron chi connectivity index (χ4n) is 5.79. The highest BCUT2D eigenvalue weighted by molar-refractivity contribution is 9.10. The maximum atomic E-state index is 14.0. The predicted molar refractivity (Wildman–Crippen MR) is 141 cm³/mol. The Kier molecular flexibility index (Phi) is 5.34. The van der Waals surface area contributed by atoms with Crippen LogP contribution in [0, 0.1) is 28.9 Å². The van der Waals surface area contributed by atoms with Crippen LogP contribution in [0.15, 0.2) is 77.3 Å². The summed E-state index contributed by atoms with van der Waals surface area (Å²) in [7, 11) is 0. The normalized spacial score (nSPS) is 23.6. The molecule has 3 aliphatic heterocycles. The molecule has 0 radical (unpaired) electrons. The van der Waals surface area contributed by atoms with Gasteiger partial charge in [-0.25, -0.2) is 4.90 Å². The lowest BCUT2D eigenvalue weighted by molar-refractivity contribution is -0.384. The highest BCUT2D eigenvalue weighted by Crippen LogP contribution is 2.50. The highest BCUT2D eigenvalue weighted by atomic mass is 79.9. The van der Waals surface area contributed by atoms with Crippen molar-refractivity contribution >= 4 is 56.7 Å². The minimum Gasteiger partial charge on any atom is -0.352 e. The van der Waals surface area contributed by atoms with E-state index in [1.165, 1.54) is 18.2 Å². The average molecular weight is 558 g/mol. The van der Waals surface area contributed by atoms with Gasteiger partial charge in [-0.2, -0.15) is 0 Å². The number of para-hydroxylation sites is 1. The number of fused-ring (bicyclic) bond motifs is 5. The van der Waals surface area contributed by atoms with E-state index in [2.05, 4.69) is 15.9 Å². The molecule has 3 heterocycles. The van der Waals surface area contributed by atoms with Crippen molar-refractivity contribution in [2.45, 2.75) is 19.0 Å². The van der Waals surface area contributed by atoms with Gasteiger partial charge in [-0.1, -0.05) is 64.5 Å². The lowest BCUT2D eigenvalue weighted by Gasteiger charge is -2.36. The first-order valence-electron chi connectivity index (χ1n) is 11.8. The maximum absolute atomic E-state index is 14.0. The third-order valence-corrected chi connectivity index (χ3v) is 7.99. The van der Waals surface area contributed by atoms with E-state index in [-0.39, 0.29) is 17.2 Å². The Morgan fingerprint density at radius 2 is 1.65 bits per heavy atom. The van der Waals surface area contributed by atoms with E-state index in [0.29, 0.717) is 11.1 Å². The molecule has 2 fully saturated rings. The molecule has 2 amide bonds. The van der Waals surface area contributed by atoms with Gasteiger partial charge in [-0.15, -0.1) is 0 Å². The third-order valence-electron chi connectivity index (χ3n) is 7.46. The number of halogens is 1. The van der Waals surface area contributed by atoms with Crippen molar-refractivity contribution in [3.8, 4) is 0 Å². The second kappa shape index (κ2) is 8.48. The number of anilines is 2. The molecule has 8 nitrogen and oxygen atoms in total. The first-order valence-corrected chi connectivity index (χ1v) is 12.6. The first-order chi connectivity index (χ1) is 17.8. The molecule has 6 rings (SSSR count). The summed E-state index contributed by atoms with van der Waals surface area (Å²) < 4.78 is 0.817. The topological polar surface area (TPSA) is 101 Å². The molecular weight excluding hydrogens is 538 g/mol. The molecule has 37 heavy (non-hydrogen) atoms. The summed E-state index contributed by atoms with van der Waals surface area (Å²) >= 11 is 3.39. The molecule has 4 atom stereocenters. The Balaban J connectivity index is 1.50. The number of nitro benzene ring substituents is 1. The van der Waals surface area contributed by atoms with Crippen LogP contribution in [-0.4, -0.2) is 34.6 Å². The minimum atomic E-state index is -0.942. The van der Waals surface area contributed by atoms with E-state index in [1.54, 1.807) is 31.2 Å². The van der Waals surface area contributed by atoms with Gasteiger partial charge in [0.2, 0.25) is 11.8 Å². The van der Waals surface area contributed by atoms with Crippen LogP contribution >= 0.6 is 15.9 Å². The predicted octanol–water partition coefficient (Wildman–Crippen LogP) is 4.94. The van der Waals surface area contributed by atoms with Crippen molar-refractivity contribution in [2.75, 3.05) is 9.80 Å². The number of hydrogen-bond acceptors (Lipinski definition) is 6. The zero-order valence-electron chi connectivity index (χ0n) is 19.6. The van der Waals surface area contributed by atoms with Gasteiger partial charge in [0.25, 0.3) is 5.69 Å². The molecule has 184 valence electrons. The van der Waals surface area contributed by atoms with E-state index in [1.807, 2.05) is 41.3 Å². The fraction of sp³-hybridized carbons (Fsp3) is 0.179. The molecule has 3 aromatic rings. The van der Waals surface area contributed by atoms with Crippen LogP contribution in [0.3, 0.4) is 0 Å². The SMILES string of the molecule is Cc1ccc([N+](=O)[O-])cc1N1C(=O)[C@@H]2[C@H](C1=O)[C@H](C(=O)c1ccc(Br)cc1)N1c3ccccc3C=C[C@@H]21. The van der Waals surface area contributed by atoms with Crippen LogP contribution in [0.25, 0.3) is 6.08 Å².